The van der Waals surface area contributed by atoms with E-state index in [9.17, 15) is 4.79 Å². The highest BCUT2D eigenvalue weighted by molar-refractivity contribution is 9.10. The maximum absolute atomic E-state index is 12.4. The molecule has 0 aliphatic carbocycles. The zero-order valence-corrected chi connectivity index (χ0v) is 13.8. The van der Waals surface area contributed by atoms with Gasteiger partial charge in [-0.05, 0) is 23.8 Å². The molecule has 1 N–H and O–H groups in total. The van der Waals surface area contributed by atoms with E-state index in [1.807, 2.05) is 30.3 Å². The van der Waals surface area contributed by atoms with Crippen molar-refractivity contribution in [3.05, 3.63) is 64.1 Å². The monoisotopic (exact) mass is 367 g/mol. The van der Waals surface area contributed by atoms with Crippen LogP contribution in [0.15, 0.2) is 53.0 Å². The van der Waals surface area contributed by atoms with Crippen molar-refractivity contribution in [2.24, 2.45) is 0 Å². The van der Waals surface area contributed by atoms with Crippen molar-refractivity contribution in [1.29, 1.82) is 0 Å². The lowest BCUT2D eigenvalue weighted by Crippen LogP contribution is -2.29. The van der Waals surface area contributed by atoms with Crippen LogP contribution in [0.4, 0.5) is 0 Å². The molecule has 0 spiro atoms. The Morgan fingerprint density at radius 1 is 1.29 bits per heavy atom. The number of amides is 1. The Balaban J connectivity index is 2.21. The first-order valence-electron chi connectivity index (χ1n) is 6.41. The molecule has 0 saturated carbocycles. The summed E-state index contributed by atoms with van der Waals surface area (Å²) in [7, 11) is 1.54. The number of hydrogen-bond acceptors (Lipinski definition) is 2. The molecule has 0 aromatic heterocycles. The summed E-state index contributed by atoms with van der Waals surface area (Å²) >= 11 is 9.33. The largest absolute Gasteiger partial charge is 0.496 e. The Bertz CT molecular complexity index is 619. The number of hydrogen-bond donors (Lipinski definition) is 1. The molecule has 5 heteroatoms. The summed E-state index contributed by atoms with van der Waals surface area (Å²) in [5, 5.41) is 2.93. The fourth-order valence-electron chi connectivity index (χ4n) is 1.98. The van der Waals surface area contributed by atoms with Crippen LogP contribution in [0.2, 0.25) is 0 Å². The highest BCUT2D eigenvalue weighted by Gasteiger charge is 2.17. The predicted molar refractivity (Wildman–Crippen MR) is 88.1 cm³/mol. The number of benzene rings is 2. The molecule has 21 heavy (non-hydrogen) atoms. The van der Waals surface area contributed by atoms with Crippen LogP contribution in [0.3, 0.4) is 0 Å². The summed E-state index contributed by atoms with van der Waals surface area (Å²) in [6.45, 7) is 0. The van der Waals surface area contributed by atoms with Crippen molar-refractivity contribution >= 4 is 33.4 Å². The molecule has 0 saturated heterocycles. The molecule has 0 radical (unpaired) electrons. The normalized spacial score (nSPS) is 11.8. The van der Waals surface area contributed by atoms with E-state index in [4.69, 9.17) is 16.3 Å². The number of alkyl halides is 1. The minimum atomic E-state index is -0.242. The minimum absolute atomic E-state index is 0.214. The lowest BCUT2D eigenvalue weighted by molar-refractivity contribution is 0.0937. The van der Waals surface area contributed by atoms with Crippen LogP contribution in [0.1, 0.15) is 22.0 Å². The highest BCUT2D eigenvalue weighted by atomic mass is 79.9. The van der Waals surface area contributed by atoms with Crippen LogP contribution < -0.4 is 10.1 Å². The molecular formula is C16H15BrClNO2. The van der Waals surface area contributed by atoms with Crippen molar-refractivity contribution in [1.82, 2.24) is 5.32 Å². The number of nitrogens with one attached hydrogen (secondary N) is 1. The molecule has 2 rings (SSSR count). The Labute approximate surface area is 137 Å². The number of carbonyl (C=O) groups is 1. The number of ether oxygens (including phenoxy) is 1. The van der Waals surface area contributed by atoms with Crippen molar-refractivity contribution in [3.8, 4) is 5.75 Å². The first-order valence-corrected chi connectivity index (χ1v) is 7.73. The molecule has 1 atom stereocenters. The molecule has 2 aromatic rings. The van der Waals surface area contributed by atoms with E-state index < -0.39 is 0 Å². The van der Waals surface area contributed by atoms with E-state index >= 15 is 0 Å². The molecule has 1 amide bonds. The van der Waals surface area contributed by atoms with Crippen LogP contribution in [-0.2, 0) is 0 Å². The summed E-state index contributed by atoms with van der Waals surface area (Å²) in [6, 6.07) is 14.7. The third kappa shape index (κ3) is 3.99. The van der Waals surface area contributed by atoms with Gasteiger partial charge in [0.15, 0.2) is 0 Å². The van der Waals surface area contributed by atoms with Crippen LogP contribution >= 0.6 is 27.5 Å². The van der Waals surface area contributed by atoms with E-state index in [1.165, 1.54) is 7.11 Å². The standard InChI is InChI=1S/C16H15BrClNO2/c1-21-15-9-12(17)7-8-13(15)16(20)19-14(10-18)11-5-3-2-4-6-11/h2-9,14H,10H2,1H3,(H,19,20). The van der Waals surface area contributed by atoms with Gasteiger partial charge in [-0.1, -0.05) is 46.3 Å². The van der Waals surface area contributed by atoms with Crippen molar-refractivity contribution in [2.75, 3.05) is 13.0 Å². The van der Waals surface area contributed by atoms with Crippen molar-refractivity contribution in [3.63, 3.8) is 0 Å². The van der Waals surface area contributed by atoms with Gasteiger partial charge in [0.2, 0.25) is 0 Å². The number of halogens is 2. The highest BCUT2D eigenvalue weighted by Crippen LogP contribution is 2.24. The topological polar surface area (TPSA) is 38.3 Å². The van der Waals surface area contributed by atoms with E-state index in [-0.39, 0.29) is 11.9 Å². The van der Waals surface area contributed by atoms with Gasteiger partial charge in [-0.25, -0.2) is 0 Å². The van der Waals surface area contributed by atoms with E-state index in [0.717, 1.165) is 10.0 Å². The molecular weight excluding hydrogens is 354 g/mol. The van der Waals surface area contributed by atoms with E-state index in [1.54, 1.807) is 18.2 Å². The Morgan fingerprint density at radius 3 is 2.62 bits per heavy atom. The molecule has 0 heterocycles. The smallest absolute Gasteiger partial charge is 0.255 e. The minimum Gasteiger partial charge on any atom is -0.496 e. The van der Waals surface area contributed by atoms with Gasteiger partial charge in [-0.3, -0.25) is 4.79 Å². The van der Waals surface area contributed by atoms with Gasteiger partial charge in [-0.15, -0.1) is 11.6 Å². The van der Waals surface area contributed by atoms with Gasteiger partial charge in [0, 0.05) is 10.4 Å². The molecule has 0 bridgehead atoms. The Hall–Kier alpha value is -1.52. The lowest BCUT2D eigenvalue weighted by atomic mass is 10.1. The maximum Gasteiger partial charge on any atom is 0.255 e. The zero-order chi connectivity index (χ0) is 15.2. The number of carbonyl (C=O) groups excluding carboxylic acids is 1. The maximum atomic E-state index is 12.4. The fraction of sp³-hybridized carbons (Fsp3) is 0.188. The zero-order valence-electron chi connectivity index (χ0n) is 11.5. The van der Waals surface area contributed by atoms with Crippen LogP contribution in [-0.4, -0.2) is 18.9 Å². The Kier molecular flexibility index (Phi) is 5.65. The van der Waals surface area contributed by atoms with Gasteiger partial charge in [0.05, 0.1) is 18.7 Å². The third-order valence-electron chi connectivity index (χ3n) is 3.07. The van der Waals surface area contributed by atoms with Gasteiger partial charge >= 0.3 is 0 Å². The molecule has 110 valence electrons. The summed E-state index contributed by atoms with van der Waals surface area (Å²) in [4.78, 5) is 12.4. The molecule has 0 fully saturated rings. The van der Waals surface area contributed by atoms with Crippen molar-refractivity contribution < 1.29 is 9.53 Å². The molecule has 0 aliphatic rings. The second kappa shape index (κ2) is 7.48. The van der Waals surface area contributed by atoms with Gasteiger partial charge in [0.1, 0.15) is 5.75 Å². The fourth-order valence-corrected chi connectivity index (χ4v) is 2.58. The first-order chi connectivity index (χ1) is 10.2. The van der Waals surface area contributed by atoms with Crippen molar-refractivity contribution in [2.45, 2.75) is 6.04 Å². The summed E-state index contributed by atoms with van der Waals surface area (Å²) in [5.41, 5.74) is 1.45. The average Bonchev–Trinajstić information content (AvgIpc) is 2.53. The summed E-state index contributed by atoms with van der Waals surface area (Å²) in [5.74, 6) is 0.603. The summed E-state index contributed by atoms with van der Waals surface area (Å²) < 4.78 is 6.10. The Morgan fingerprint density at radius 2 is 2.00 bits per heavy atom. The van der Waals surface area contributed by atoms with E-state index in [0.29, 0.717) is 17.2 Å². The van der Waals surface area contributed by atoms with Gasteiger partial charge in [-0.2, -0.15) is 0 Å². The lowest BCUT2D eigenvalue weighted by Gasteiger charge is -2.17. The quantitative estimate of drug-likeness (QED) is 0.805. The third-order valence-corrected chi connectivity index (χ3v) is 3.87. The van der Waals surface area contributed by atoms with Crippen LogP contribution in [0, 0.1) is 0 Å². The number of methoxy groups -OCH3 is 1. The summed E-state index contributed by atoms with van der Waals surface area (Å²) in [6.07, 6.45) is 0. The van der Waals surface area contributed by atoms with Gasteiger partial charge in [0.25, 0.3) is 5.91 Å². The van der Waals surface area contributed by atoms with E-state index in [2.05, 4.69) is 21.2 Å². The average molecular weight is 369 g/mol. The SMILES string of the molecule is COc1cc(Br)ccc1C(=O)NC(CCl)c1ccccc1. The van der Waals surface area contributed by atoms with Crippen LogP contribution in [0.5, 0.6) is 5.75 Å². The molecule has 1 unspecified atom stereocenters. The first kappa shape index (κ1) is 15.9. The number of rotatable bonds is 5. The predicted octanol–water partition coefficient (Wildman–Crippen LogP) is 4.17. The molecule has 0 aliphatic heterocycles. The molecule has 3 nitrogen and oxygen atoms in total. The second-order valence-electron chi connectivity index (χ2n) is 4.44. The van der Waals surface area contributed by atoms with Gasteiger partial charge < -0.3 is 10.1 Å². The second-order valence-corrected chi connectivity index (χ2v) is 5.66. The van der Waals surface area contributed by atoms with Crippen LogP contribution in [0.25, 0.3) is 0 Å². The molecule has 2 aromatic carbocycles.